The van der Waals surface area contributed by atoms with Gasteiger partial charge in [-0.2, -0.15) is 0 Å². The number of anilines is 1. The van der Waals surface area contributed by atoms with Crippen molar-refractivity contribution < 1.29 is 19.1 Å². The molecule has 2 aromatic rings. The van der Waals surface area contributed by atoms with E-state index >= 15 is 0 Å². The first-order chi connectivity index (χ1) is 12.9. The molecule has 0 atom stereocenters. The molecular weight excluding hydrogens is 391 g/mol. The van der Waals surface area contributed by atoms with Gasteiger partial charge < -0.3 is 20.1 Å². The third kappa shape index (κ3) is 4.12. The number of methoxy groups -OCH3 is 1. The van der Waals surface area contributed by atoms with Crippen LogP contribution in [0, 0.1) is 0 Å². The Kier molecular flexibility index (Phi) is 5.77. The van der Waals surface area contributed by atoms with E-state index < -0.39 is 5.91 Å². The summed E-state index contributed by atoms with van der Waals surface area (Å²) in [6, 6.07) is 8.52. The minimum absolute atomic E-state index is 0.160. The van der Waals surface area contributed by atoms with Crippen LogP contribution >= 0.6 is 23.2 Å². The van der Waals surface area contributed by atoms with Crippen molar-refractivity contribution in [2.45, 2.75) is 12.8 Å². The third-order valence-electron chi connectivity index (χ3n) is 4.24. The Morgan fingerprint density at radius 1 is 1.22 bits per heavy atom. The average Bonchev–Trinajstić information content (AvgIpc) is 2.64. The number of nitrogens with two attached hydrogens (primary N) is 1. The van der Waals surface area contributed by atoms with Gasteiger partial charge >= 0.3 is 0 Å². The number of carbonyl (C=O) groups is 2. The molecule has 27 heavy (non-hydrogen) atoms. The Hall–Kier alpha value is -2.44. The molecule has 2 N–H and O–H groups in total. The van der Waals surface area contributed by atoms with Gasteiger partial charge in [0.2, 0.25) is 0 Å². The number of amides is 2. The van der Waals surface area contributed by atoms with Crippen LogP contribution in [0.25, 0.3) is 0 Å². The minimum Gasteiger partial charge on any atom is -0.493 e. The number of ether oxygens (including phenoxy) is 2. The largest absolute Gasteiger partial charge is 0.493 e. The Morgan fingerprint density at radius 2 is 2.00 bits per heavy atom. The molecule has 0 saturated heterocycles. The van der Waals surface area contributed by atoms with E-state index in [0.29, 0.717) is 17.1 Å². The van der Waals surface area contributed by atoms with Gasteiger partial charge in [0.15, 0.2) is 18.1 Å². The second-order valence-electron chi connectivity index (χ2n) is 6.08. The summed E-state index contributed by atoms with van der Waals surface area (Å²) in [5, 5.41) is 0.802. The van der Waals surface area contributed by atoms with E-state index in [0.717, 1.165) is 24.1 Å². The lowest BCUT2D eigenvalue weighted by Gasteiger charge is -2.30. The number of fused-ring (bicyclic) bond motifs is 1. The number of rotatable bonds is 5. The molecule has 0 fully saturated rings. The maximum Gasteiger partial charge on any atom is 0.258 e. The van der Waals surface area contributed by atoms with Crippen LogP contribution in [0.1, 0.15) is 22.3 Å². The number of primary amides is 1. The van der Waals surface area contributed by atoms with Gasteiger partial charge in [0.1, 0.15) is 0 Å². The van der Waals surface area contributed by atoms with E-state index in [-0.39, 0.29) is 29.0 Å². The van der Waals surface area contributed by atoms with E-state index in [1.807, 2.05) is 12.1 Å². The molecule has 3 rings (SSSR count). The molecule has 0 bridgehead atoms. The SMILES string of the molecule is COc1cc(C(=O)N2CCCc3cc(Cl)ccc32)cc(Cl)c1OCC(N)=O. The van der Waals surface area contributed by atoms with Crippen molar-refractivity contribution in [3.8, 4) is 11.5 Å². The first-order valence-electron chi connectivity index (χ1n) is 8.29. The van der Waals surface area contributed by atoms with Crippen LogP contribution in [0.5, 0.6) is 11.5 Å². The quantitative estimate of drug-likeness (QED) is 0.820. The zero-order valence-corrected chi connectivity index (χ0v) is 16.1. The van der Waals surface area contributed by atoms with E-state index in [1.165, 1.54) is 19.2 Å². The number of nitrogens with zero attached hydrogens (tertiary/aromatic N) is 1. The lowest BCUT2D eigenvalue weighted by molar-refractivity contribution is -0.119. The Morgan fingerprint density at radius 3 is 2.70 bits per heavy atom. The number of hydrogen-bond donors (Lipinski definition) is 1. The molecule has 0 aliphatic carbocycles. The molecule has 1 aliphatic heterocycles. The van der Waals surface area contributed by atoms with E-state index in [2.05, 4.69) is 0 Å². The van der Waals surface area contributed by atoms with Crippen molar-refractivity contribution >= 4 is 40.7 Å². The summed E-state index contributed by atoms with van der Waals surface area (Å²) in [7, 11) is 1.43. The molecule has 2 amide bonds. The van der Waals surface area contributed by atoms with Crippen molar-refractivity contribution in [3.63, 3.8) is 0 Å². The predicted molar refractivity (Wildman–Crippen MR) is 104 cm³/mol. The molecule has 0 radical (unpaired) electrons. The number of benzene rings is 2. The van der Waals surface area contributed by atoms with Crippen molar-refractivity contribution in [3.05, 3.63) is 51.5 Å². The fourth-order valence-electron chi connectivity index (χ4n) is 3.06. The molecule has 2 aromatic carbocycles. The monoisotopic (exact) mass is 408 g/mol. The van der Waals surface area contributed by atoms with Crippen molar-refractivity contribution in [1.29, 1.82) is 0 Å². The average molecular weight is 409 g/mol. The number of halogens is 2. The summed E-state index contributed by atoms with van der Waals surface area (Å²) >= 11 is 12.3. The Balaban J connectivity index is 1.94. The van der Waals surface area contributed by atoms with Gasteiger partial charge in [-0.3, -0.25) is 9.59 Å². The lowest BCUT2D eigenvalue weighted by Crippen LogP contribution is -2.35. The van der Waals surface area contributed by atoms with E-state index in [9.17, 15) is 9.59 Å². The van der Waals surface area contributed by atoms with Crippen LogP contribution in [0.3, 0.4) is 0 Å². The summed E-state index contributed by atoms with van der Waals surface area (Å²) in [6.07, 6.45) is 1.70. The number of hydrogen-bond acceptors (Lipinski definition) is 4. The van der Waals surface area contributed by atoms with Gasteiger partial charge in [0.05, 0.1) is 12.1 Å². The fraction of sp³-hybridized carbons (Fsp3) is 0.263. The highest BCUT2D eigenvalue weighted by Gasteiger charge is 2.25. The summed E-state index contributed by atoms with van der Waals surface area (Å²) in [4.78, 5) is 25.8. The second-order valence-corrected chi connectivity index (χ2v) is 6.92. The van der Waals surface area contributed by atoms with Gasteiger partial charge in [-0.25, -0.2) is 0 Å². The molecule has 8 heteroatoms. The fourth-order valence-corrected chi connectivity index (χ4v) is 3.52. The third-order valence-corrected chi connectivity index (χ3v) is 4.76. The van der Waals surface area contributed by atoms with E-state index in [1.54, 1.807) is 11.0 Å². The van der Waals surface area contributed by atoms with Gasteiger partial charge in [-0.05, 0) is 48.7 Å². The van der Waals surface area contributed by atoms with Crippen LogP contribution < -0.4 is 20.1 Å². The van der Waals surface area contributed by atoms with Crippen molar-refractivity contribution in [1.82, 2.24) is 0 Å². The molecule has 1 heterocycles. The highest BCUT2D eigenvalue weighted by atomic mass is 35.5. The maximum atomic E-state index is 13.1. The summed E-state index contributed by atoms with van der Waals surface area (Å²) in [6.45, 7) is 0.247. The van der Waals surface area contributed by atoms with Crippen molar-refractivity contribution in [2.75, 3.05) is 25.2 Å². The van der Waals surface area contributed by atoms with Crippen LogP contribution in [-0.4, -0.2) is 32.1 Å². The van der Waals surface area contributed by atoms with Crippen LogP contribution in [-0.2, 0) is 11.2 Å². The van der Waals surface area contributed by atoms with Gasteiger partial charge in [0.25, 0.3) is 11.8 Å². The highest BCUT2D eigenvalue weighted by Crippen LogP contribution is 2.38. The molecule has 0 spiro atoms. The standard InChI is InChI=1S/C19H18Cl2N2O4/c1-26-16-9-12(8-14(21)18(16)27-10-17(22)24)19(25)23-6-2-3-11-7-13(20)4-5-15(11)23/h4-5,7-9H,2-3,6,10H2,1H3,(H2,22,24). The summed E-state index contributed by atoms with van der Waals surface area (Å²) in [5.41, 5.74) is 7.31. The molecule has 0 aromatic heterocycles. The molecular formula is C19H18Cl2N2O4. The molecule has 6 nitrogen and oxygen atoms in total. The topological polar surface area (TPSA) is 81.9 Å². The normalized spacial score (nSPS) is 13.1. The Labute approximate surface area is 166 Å². The lowest BCUT2D eigenvalue weighted by atomic mass is 10.0. The van der Waals surface area contributed by atoms with Crippen LogP contribution in [0.4, 0.5) is 5.69 Å². The van der Waals surface area contributed by atoms with Gasteiger partial charge in [-0.15, -0.1) is 0 Å². The highest BCUT2D eigenvalue weighted by molar-refractivity contribution is 6.33. The summed E-state index contributed by atoms with van der Waals surface area (Å²) in [5.74, 6) is -0.433. The number of aryl methyl sites for hydroxylation is 1. The smallest absolute Gasteiger partial charge is 0.258 e. The van der Waals surface area contributed by atoms with Crippen molar-refractivity contribution in [2.24, 2.45) is 5.73 Å². The maximum absolute atomic E-state index is 13.1. The van der Waals surface area contributed by atoms with E-state index in [4.69, 9.17) is 38.4 Å². The van der Waals surface area contributed by atoms with Crippen LogP contribution in [0.2, 0.25) is 10.0 Å². The zero-order valence-electron chi connectivity index (χ0n) is 14.6. The molecule has 0 saturated carbocycles. The molecule has 1 aliphatic rings. The minimum atomic E-state index is -0.642. The first-order valence-corrected chi connectivity index (χ1v) is 9.05. The molecule has 142 valence electrons. The molecule has 0 unspecified atom stereocenters. The van der Waals surface area contributed by atoms with Gasteiger partial charge in [0, 0.05) is 22.8 Å². The van der Waals surface area contributed by atoms with Crippen LogP contribution in [0.15, 0.2) is 30.3 Å². The van der Waals surface area contributed by atoms with Gasteiger partial charge in [-0.1, -0.05) is 23.2 Å². The first kappa shape index (κ1) is 19.3. The summed E-state index contributed by atoms with van der Waals surface area (Å²) < 4.78 is 10.6. The second kappa shape index (κ2) is 8.06. The zero-order chi connectivity index (χ0) is 19.6. The predicted octanol–water partition coefficient (Wildman–Crippen LogP) is 3.46. The number of carbonyl (C=O) groups excluding carboxylic acids is 2. The Bertz CT molecular complexity index is 902.